The lowest BCUT2D eigenvalue weighted by Crippen LogP contribution is -2.26. The number of nitrogens with zero attached hydrogens (tertiary/aromatic N) is 1. The highest BCUT2D eigenvalue weighted by atomic mass is 32.2. The summed E-state index contributed by atoms with van der Waals surface area (Å²) in [5.74, 6) is 0.707. The Morgan fingerprint density at radius 1 is 1.10 bits per heavy atom. The predicted octanol–water partition coefficient (Wildman–Crippen LogP) is 4.51. The Labute approximate surface area is 189 Å². The number of ether oxygens (including phenoxy) is 1. The quantitative estimate of drug-likeness (QED) is 0.466. The normalized spacial score (nSPS) is 12.9. The smallest absolute Gasteiger partial charge is 0.262 e. The molecule has 2 amide bonds. The van der Waals surface area contributed by atoms with E-state index in [1.165, 1.54) is 23.1 Å². The monoisotopic (exact) mass is 453 g/mol. The van der Waals surface area contributed by atoms with Crippen LogP contribution in [0.2, 0.25) is 0 Å². The number of benzene rings is 2. The molecule has 0 radical (unpaired) electrons. The Morgan fingerprint density at radius 3 is 2.55 bits per heavy atom. The van der Waals surface area contributed by atoms with Crippen molar-refractivity contribution in [2.75, 3.05) is 17.7 Å². The molecule has 0 unspecified atom stereocenters. The van der Waals surface area contributed by atoms with Crippen molar-refractivity contribution in [2.45, 2.75) is 30.1 Å². The second kappa shape index (κ2) is 9.98. The number of thiazole rings is 1. The molecule has 2 N–H and O–H groups in total. The lowest BCUT2D eigenvalue weighted by Gasteiger charge is -2.07. The summed E-state index contributed by atoms with van der Waals surface area (Å²) in [7, 11) is 0. The van der Waals surface area contributed by atoms with E-state index in [0.29, 0.717) is 28.2 Å². The lowest BCUT2D eigenvalue weighted by molar-refractivity contribution is -0.119. The SMILES string of the molecule is Cc1ccc(OCC(=O)Nc2sc(SCC(=O)NC3CC3)nc2-c2ccccc2)cc1. The zero-order valence-corrected chi connectivity index (χ0v) is 18.7. The molecule has 2 aromatic carbocycles. The van der Waals surface area contributed by atoms with Gasteiger partial charge in [0, 0.05) is 11.6 Å². The molecule has 1 heterocycles. The van der Waals surface area contributed by atoms with Crippen molar-refractivity contribution in [2.24, 2.45) is 0 Å². The molecule has 0 bridgehead atoms. The zero-order chi connectivity index (χ0) is 21.6. The summed E-state index contributed by atoms with van der Waals surface area (Å²) >= 11 is 2.75. The molecule has 3 aromatic rings. The number of anilines is 1. The van der Waals surface area contributed by atoms with Crippen LogP contribution in [0.4, 0.5) is 5.00 Å². The molecule has 31 heavy (non-hydrogen) atoms. The molecule has 1 aromatic heterocycles. The van der Waals surface area contributed by atoms with Crippen molar-refractivity contribution in [3.63, 3.8) is 0 Å². The van der Waals surface area contributed by atoms with Gasteiger partial charge in [-0.1, -0.05) is 71.1 Å². The number of rotatable bonds is 9. The molecule has 1 saturated carbocycles. The molecule has 0 atom stereocenters. The van der Waals surface area contributed by atoms with Crippen molar-refractivity contribution in [1.29, 1.82) is 0 Å². The minimum absolute atomic E-state index is 0.0149. The van der Waals surface area contributed by atoms with Gasteiger partial charge in [0.05, 0.1) is 5.75 Å². The van der Waals surface area contributed by atoms with Crippen molar-refractivity contribution < 1.29 is 14.3 Å². The van der Waals surface area contributed by atoms with Gasteiger partial charge in [-0.25, -0.2) is 4.98 Å². The maximum absolute atomic E-state index is 12.5. The van der Waals surface area contributed by atoms with Gasteiger partial charge in [-0.05, 0) is 31.9 Å². The minimum Gasteiger partial charge on any atom is -0.484 e. The van der Waals surface area contributed by atoms with Gasteiger partial charge in [-0.2, -0.15) is 0 Å². The second-order valence-electron chi connectivity index (χ2n) is 7.30. The molecular weight excluding hydrogens is 430 g/mol. The van der Waals surface area contributed by atoms with E-state index in [-0.39, 0.29) is 18.4 Å². The lowest BCUT2D eigenvalue weighted by atomic mass is 10.2. The Morgan fingerprint density at radius 2 is 1.84 bits per heavy atom. The molecule has 0 saturated heterocycles. The van der Waals surface area contributed by atoms with E-state index in [4.69, 9.17) is 4.74 Å². The number of aryl methyl sites for hydroxylation is 1. The third kappa shape index (κ3) is 6.32. The van der Waals surface area contributed by atoms with Gasteiger partial charge >= 0.3 is 0 Å². The molecule has 6 nitrogen and oxygen atoms in total. The molecule has 0 spiro atoms. The van der Waals surface area contributed by atoms with E-state index in [1.807, 2.05) is 61.5 Å². The Kier molecular flexibility index (Phi) is 6.89. The number of aromatic nitrogens is 1. The Bertz CT molecular complexity index is 1050. The maximum Gasteiger partial charge on any atom is 0.262 e. The van der Waals surface area contributed by atoms with Crippen LogP contribution in [0.3, 0.4) is 0 Å². The van der Waals surface area contributed by atoms with E-state index in [2.05, 4.69) is 15.6 Å². The van der Waals surface area contributed by atoms with Gasteiger partial charge in [-0.3, -0.25) is 9.59 Å². The number of carbonyl (C=O) groups is 2. The van der Waals surface area contributed by atoms with Gasteiger partial charge in [0.15, 0.2) is 10.9 Å². The minimum atomic E-state index is -0.260. The number of hydrogen-bond donors (Lipinski definition) is 2. The topological polar surface area (TPSA) is 80.3 Å². The molecule has 0 aliphatic heterocycles. The summed E-state index contributed by atoms with van der Waals surface area (Å²) in [6.45, 7) is 1.90. The van der Waals surface area contributed by atoms with Crippen LogP contribution in [-0.2, 0) is 9.59 Å². The zero-order valence-electron chi connectivity index (χ0n) is 17.1. The summed E-state index contributed by atoms with van der Waals surface area (Å²) in [5.41, 5.74) is 2.73. The Balaban J connectivity index is 1.42. The van der Waals surface area contributed by atoms with Crippen LogP contribution in [0.5, 0.6) is 5.75 Å². The summed E-state index contributed by atoms with van der Waals surface area (Å²) in [6.07, 6.45) is 2.12. The van der Waals surface area contributed by atoms with E-state index in [9.17, 15) is 9.59 Å². The third-order valence-electron chi connectivity index (χ3n) is 4.57. The molecule has 8 heteroatoms. The first-order chi connectivity index (χ1) is 15.1. The van der Waals surface area contributed by atoms with E-state index in [1.54, 1.807) is 0 Å². The summed E-state index contributed by atoms with van der Waals surface area (Å²) < 4.78 is 6.32. The van der Waals surface area contributed by atoms with Crippen molar-refractivity contribution in [3.8, 4) is 17.0 Å². The average molecular weight is 454 g/mol. The van der Waals surface area contributed by atoms with E-state index in [0.717, 1.165) is 28.3 Å². The van der Waals surface area contributed by atoms with Crippen molar-refractivity contribution in [1.82, 2.24) is 10.3 Å². The third-order valence-corrected chi connectivity index (χ3v) is 6.68. The average Bonchev–Trinajstić information content (AvgIpc) is 3.50. The second-order valence-corrected chi connectivity index (χ2v) is 9.53. The fourth-order valence-corrected chi connectivity index (χ4v) is 4.70. The maximum atomic E-state index is 12.5. The van der Waals surface area contributed by atoms with E-state index < -0.39 is 0 Å². The standard InChI is InChI=1S/C23H23N3O3S2/c1-15-7-11-18(12-8-15)29-13-19(27)25-22-21(16-5-3-2-4-6-16)26-23(31-22)30-14-20(28)24-17-9-10-17/h2-8,11-12,17H,9-10,13-14H2,1H3,(H,24,28)(H,25,27). The highest BCUT2D eigenvalue weighted by Gasteiger charge is 2.23. The van der Waals surface area contributed by atoms with Gasteiger partial charge < -0.3 is 15.4 Å². The number of amides is 2. The van der Waals surface area contributed by atoms with Crippen LogP contribution in [0.15, 0.2) is 58.9 Å². The summed E-state index contributed by atoms with van der Waals surface area (Å²) in [4.78, 5) is 29.2. The van der Waals surface area contributed by atoms with Crippen molar-refractivity contribution in [3.05, 3.63) is 60.2 Å². The first-order valence-electron chi connectivity index (χ1n) is 10.0. The van der Waals surface area contributed by atoms with Gasteiger partial charge in [0.1, 0.15) is 16.4 Å². The van der Waals surface area contributed by atoms with Gasteiger partial charge in [0.25, 0.3) is 5.91 Å². The first-order valence-corrected chi connectivity index (χ1v) is 11.8. The van der Waals surface area contributed by atoms with E-state index >= 15 is 0 Å². The molecule has 1 fully saturated rings. The molecule has 1 aliphatic carbocycles. The fraction of sp³-hybridized carbons (Fsp3) is 0.261. The summed E-state index contributed by atoms with van der Waals surface area (Å²) in [5, 5.41) is 6.54. The fourth-order valence-electron chi connectivity index (χ4n) is 2.81. The van der Waals surface area contributed by atoms with Gasteiger partial charge in [0.2, 0.25) is 5.91 Å². The highest BCUT2D eigenvalue weighted by molar-refractivity contribution is 8.01. The number of nitrogens with one attached hydrogen (secondary N) is 2. The van der Waals surface area contributed by atoms with Gasteiger partial charge in [-0.15, -0.1) is 0 Å². The summed E-state index contributed by atoms with van der Waals surface area (Å²) in [6, 6.07) is 17.6. The number of hydrogen-bond acceptors (Lipinski definition) is 6. The number of thioether (sulfide) groups is 1. The Hall–Kier alpha value is -2.84. The highest BCUT2D eigenvalue weighted by Crippen LogP contribution is 2.37. The molecule has 1 aliphatic rings. The van der Waals surface area contributed by atoms with Crippen LogP contribution in [-0.4, -0.2) is 35.2 Å². The van der Waals surface area contributed by atoms with Crippen LogP contribution >= 0.6 is 23.1 Å². The molecular formula is C23H23N3O3S2. The van der Waals surface area contributed by atoms with Crippen LogP contribution in [0.25, 0.3) is 11.3 Å². The first kappa shape index (κ1) is 21.4. The van der Waals surface area contributed by atoms with Crippen LogP contribution in [0, 0.1) is 6.92 Å². The predicted molar refractivity (Wildman–Crippen MR) is 125 cm³/mol. The molecule has 4 rings (SSSR count). The van der Waals surface area contributed by atoms with Crippen LogP contribution in [0.1, 0.15) is 18.4 Å². The largest absolute Gasteiger partial charge is 0.484 e. The van der Waals surface area contributed by atoms with Crippen LogP contribution < -0.4 is 15.4 Å². The molecule has 160 valence electrons. The van der Waals surface area contributed by atoms with Crippen molar-refractivity contribution >= 4 is 39.9 Å². The number of carbonyl (C=O) groups excluding carboxylic acids is 2.